The predicted octanol–water partition coefficient (Wildman–Crippen LogP) is 4.75. The number of carbonyl (C=O) groups is 1. The Hall–Kier alpha value is -3.99. The molecular formula is C24H20N4O. The topological polar surface area (TPSA) is 59.8 Å². The highest BCUT2D eigenvalue weighted by Crippen LogP contribution is 2.15. The molecule has 0 spiro atoms. The maximum Gasteiger partial charge on any atom is 0.258 e. The second-order valence-corrected chi connectivity index (χ2v) is 6.58. The molecule has 0 saturated carbocycles. The highest BCUT2D eigenvalue weighted by Gasteiger charge is 2.09. The molecule has 0 fully saturated rings. The summed E-state index contributed by atoms with van der Waals surface area (Å²) in [7, 11) is 0. The Morgan fingerprint density at radius 2 is 1.83 bits per heavy atom. The molecule has 0 aliphatic rings. The Morgan fingerprint density at radius 1 is 0.966 bits per heavy atom. The monoisotopic (exact) mass is 380 g/mol. The zero-order chi connectivity index (χ0) is 19.9. The van der Waals surface area contributed by atoms with Gasteiger partial charge in [-0.1, -0.05) is 54.6 Å². The molecule has 4 aromatic rings. The lowest BCUT2D eigenvalue weighted by molar-refractivity contribution is 0.102. The minimum Gasteiger partial charge on any atom is -0.322 e. The van der Waals surface area contributed by atoms with Crippen molar-refractivity contribution in [1.29, 1.82) is 0 Å². The van der Waals surface area contributed by atoms with Crippen LogP contribution in [0.25, 0.3) is 12.2 Å². The maximum absolute atomic E-state index is 12.6. The average molecular weight is 380 g/mol. The summed E-state index contributed by atoms with van der Waals surface area (Å²) in [5, 5.41) is 7.22. The van der Waals surface area contributed by atoms with Crippen molar-refractivity contribution in [3.63, 3.8) is 0 Å². The van der Waals surface area contributed by atoms with E-state index < -0.39 is 0 Å². The van der Waals surface area contributed by atoms with Crippen molar-refractivity contribution in [2.45, 2.75) is 6.54 Å². The van der Waals surface area contributed by atoms with Crippen LogP contribution in [0.5, 0.6) is 0 Å². The Bertz CT molecular complexity index is 1120. The van der Waals surface area contributed by atoms with Gasteiger partial charge in [0.25, 0.3) is 5.91 Å². The smallest absolute Gasteiger partial charge is 0.258 e. The summed E-state index contributed by atoms with van der Waals surface area (Å²) in [6, 6.07) is 23.5. The first-order chi connectivity index (χ1) is 14.3. The number of nitrogens with zero attached hydrogens (tertiary/aromatic N) is 3. The van der Waals surface area contributed by atoms with Gasteiger partial charge in [-0.15, -0.1) is 0 Å². The molecule has 0 atom stereocenters. The number of aromatic nitrogens is 3. The fourth-order valence-electron chi connectivity index (χ4n) is 2.92. The van der Waals surface area contributed by atoms with E-state index in [1.54, 1.807) is 23.3 Å². The van der Waals surface area contributed by atoms with Gasteiger partial charge in [-0.3, -0.25) is 14.5 Å². The second kappa shape index (κ2) is 8.80. The van der Waals surface area contributed by atoms with Gasteiger partial charge < -0.3 is 5.32 Å². The van der Waals surface area contributed by atoms with Crippen LogP contribution >= 0.6 is 0 Å². The second-order valence-electron chi connectivity index (χ2n) is 6.58. The molecule has 0 unspecified atom stereocenters. The van der Waals surface area contributed by atoms with Gasteiger partial charge in [0.2, 0.25) is 0 Å². The van der Waals surface area contributed by atoms with E-state index in [0.717, 1.165) is 22.5 Å². The first-order valence-corrected chi connectivity index (χ1v) is 9.33. The molecule has 0 saturated heterocycles. The van der Waals surface area contributed by atoms with Crippen LogP contribution in [0.3, 0.4) is 0 Å². The van der Waals surface area contributed by atoms with Gasteiger partial charge in [-0.05, 0) is 41.5 Å². The van der Waals surface area contributed by atoms with Crippen molar-refractivity contribution in [3.8, 4) is 0 Å². The van der Waals surface area contributed by atoms with Crippen molar-refractivity contribution in [1.82, 2.24) is 14.8 Å². The molecule has 29 heavy (non-hydrogen) atoms. The van der Waals surface area contributed by atoms with Crippen LogP contribution in [0.15, 0.2) is 91.4 Å². The third-order valence-electron chi connectivity index (χ3n) is 4.36. The summed E-state index contributed by atoms with van der Waals surface area (Å²) in [4.78, 5) is 16.8. The van der Waals surface area contributed by atoms with Gasteiger partial charge in [0.15, 0.2) is 0 Å². The average Bonchev–Trinajstić information content (AvgIpc) is 3.23. The molecule has 5 nitrogen and oxygen atoms in total. The fraction of sp³-hybridized carbons (Fsp3) is 0.0417. The molecule has 0 aliphatic carbocycles. The lowest BCUT2D eigenvalue weighted by atomic mass is 10.1. The Labute approximate surface area is 169 Å². The lowest BCUT2D eigenvalue weighted by Gasteiger charge is -2.05. The molecule has 1 N–H and O–H groups in total. The number of hydrogen-bond acceptors (Lipinski definition) is 3. The van der Waals surface area contributed by atoms with Gasteiger partial charge in [-0.25, -0.2) is 0 Å². The third kappa shape index (κ3) is 5.05. The van der Waals surface area contributed by atoms with E-state index in [-0.39, 0.29) is 5.91 Å². The van der Waals surface area contributed by atoms with Crippen LogP contribution in [0.1, 0.15) is 27.2 Å². The number of nitrogens with one attached hydrogen (secondary N) is 1. The first kappa shape index (κ1) is 18.4. The molecule has 5 heteroatoms. The van der Waals surface area contributed by atoms with Gasteiger partial charge in [-0.2, -0.15) is 5.10 Å². The highest BCUT2D eigenvalue weighted by molar-refractivity contribution is 6.04. The standard InChI is InChI=1S/C24H20N4O/c29-24(21-16-26-28(18-21)17-20-7-2-1-3-8-20)27-23-11-6-9-19(15-23)12-13-22-10-4-5-14-25-22/h1-16,18H,17H2,(H,27,29). The van der Waals surface area contributed by atoms with Crippen molar-refractivity contribution >= 4 is 23.7 Å². The van der Waals surface area contributed by atoms with Crippen LogP contribution in [0, 0.1) is 0 Å². The van der Waals surface area contributed by atoms with E-state index in [9.17, 15) is 4.79 Å². The number of anilines is 1. The largest absolute Gasteiger partial charge is 0.322 e. The van der Waals surface area contributed by atoms with Crippen LogP contribution in [-0.2, 0) is 6.54 Å². The molecular weight excluding hydrogens is 360 g/mol. The molecule has 0 radical (unpaired) electrons. The van der Waals surface area contributed by atoms with Crippen LogP contribution < -0.4 is 5.32 Å². The summed E-state index contributed by atoms with van der Waals surface area (Å²) < 4.78 is 1.76. The molecule has 142 valence electrons. The van der Waals surface area contributed by atoms with Crippen LogP contribution in [0.4, 0.5) is 5.69 Å². The minimum atomic E-state index is -0.185. The lowest BCUT2D eigenvalue weighted by Crippen LogP contribution is -2.11. The maximum atomic E-state index is 12.6. The van der Waals surface area contributed by atoms with E-state index in [1.807, 2.05) is 84.9 Å². The number of pyridine rings is 1. The molecule has 2 heterocycles. The van der Waals surface area contributed by atoms with E-state index in [0.29, 0.717) is 12.1 Å². The number of amides is 1. The number of carbonyl (C=O) groups excluding carboxylic acids is 1. The van der Waals surface area contributed by atoms with Gasteiger partial charge in [0.05, 0.1) is 24.0 Å². The Kier molecular flexibility index (Phi) is 5.58. The van der Waals surface area contributed by atoms with E-state index in [4.69, 9.17) is 0 Å². The zero-order valence-corrected chi connectivity index (χ0v) is 15.8. The molecule has 0 aliphatic heterocycles. The van der Waals surface area contributed by atoms with Crippen molar-refractivity contribution in [3.05, 3.63) is 114 Å². The van der Waals surface area contributed by atoms with Gasteiger partial charge >= 0.3 is 0 Å². The van der Waals surface area contributed by atoms with Gasteiger partial charge in [0.1, 0.15) is 0 Å². The summed E-state index contributed by atoms with van der Waals surface area (Å²) in [5.41, 5.74) is 4.25. The SMILES string of the molecule is O=C(Nc1cccc(C=Cc2ccccn2)c1)c1cnn(Cc2ccccc2)c1. The zero-order valence-electron chi connectivity index (χ0n) is 15.8. The molecule has 0 bridgehead atoms. The van der Waals surface area contributed by atoms with E-state index >= 15 is 0 Å². The van der Waals surface area contributed by atoms with Crippen molar-refractivity contribution in [2.24, 2.45) is 0 Å². The van der Waals surface area contributed by atoms with E-state index in [2.05, 4.69) is 15.4 Å². The minimum absolute atomic E-state index is 0.185. The number of rotatable bonds is 6. The first-order valence-electron chi connectivity index (χ1n) is 9.33. The Morgan fingerprint density at radius 3 is 2.66 bits per heavy atom. The quantitative estimate of drug-likeness (QED) is 0.525. The van der Waals surface area contributed by atoms with Crippen LogP contribution in [-0.4, -0.2) is 20.7 Å². The van der Waals surface area contributed by atoms with E-state index in [1.165, 1.54) is 0 Å². The summed E-state index contributed by atoms with van der Waals surface area (Å²) >= 11 is 0. The molecule has 4 rings (SSSR count). The molecule has 2 aromatic heterocycles. The predicted molar refractivity (Wildman–Crippen MR) is 115 cm³/mol. The van der Waals surface area contributed by atoms with Crippen molar-refractivity contribution in [2.75, 3.05) is 5.32 Å². The summed E-state index contributed by atoms with van der Waals surface area (Å²) in [5.74, 6) is -0.185. The molecule has 1 amide bonds. The highest BCUT2D eigenvalue weighted by atomic mass is 16.1. The summed E-state index contributed by atoms with van der Waals surface area (Å²) in [6.45, 7) is 0.627. The third-order valence-corrected chi connectivity index (χ3v) is 4.36. The fourth-order valence-corrected chi connectivity index (χ4v) is 2.92. The normalized spacial score (nSPS) is 10.9. The number of benzene rings is 2. The van der Waals surface area contributed by atoms with Gasteiger partial charge in [0, 0.05) is 18.1 Å². The number of hydrogen-bond donors (Lipinski definition) is 1. The summed E-state index contributed by atoms with van der Waals surface area (Å²) in [6.07, 6.45) is 9.01. The Balaban J connectivity index is 1.41. The van der Waals surface area contributed by atoms with Crippen LogP contribution in [0.2, 0.25) is 0 Å². The molecule has 2 aromatic carbocycles. The van der Waals surface area contributed by atoms with Crippen molar-refractivity contribution < 1.29 is 4.79 Å².